The molecule has 3 fully saturated rings. The van der Waals surface area contributed by atoms with Crippen LogP contribution in [0.1, 0.15) is 39.5 Å². The number of rotatable bonds is 1. The highest BCUT2D eigenvalue weighted by atomic mass is 16.2. The van der Waals surface area contributed by atoms with E-state index >= 15 is 0 Å². The molecule has 3 unspecified atom stereocenters. The Kier molecular flexibility index (Phi) is 3.13. The molecule has 3 heteroatoms. The maximum atomic E-state index is 12.8. The van der Waals surface area contributed by atoms with E-state index < -0.39 is 0 Å². The monoisotopic (exact) mass is 250 g/mol. The van der Waals surface area contributed by atoms with Crippen LogP contribution in [0.3, 0.4) is 0 Å². The average molecular weight is 250 g/mol. The molecule has 1 N–H and O–H groups in total. The standard InChI is InChI=1S/C15H26N2O/c1-15(2)6-4-3-5-13(15)14(18)17-9-11-7-16-8-12(11)10-17/h11-13,16H,3-10H2,1-2H3. The number of carbonyl (C=O) groups excluding carboxylic acids is 1. The van der Waals surface area contributed by atoms with Crippen LogP contribution in [0.15, 0.2) is 0 Å². The van der Waals surface area contributed by atoms with Crippen LogP contribution >= 0.6 is 0 Å². The molecule has 2 saturated heterocycles. The summed E-state index contributed by atoms with van der Waals surface area (Å²) in [5.41, 5.74) is 0.214. The molecule has 18 heavy (non-hydrogen) atoms. The summed E-state index contributed by atoms with van der Waals surface area (Å²) in [5, 5.41) is 3.44. The summed E-state index contributed by atoms with van der Waals surface area (Å²) in [6.07, 6.45) is 4.86. The van der Waals surface area contributed by atoms with Gasteiger partial charge in [-0.2, -0.15) is 0 Å². The number of nitrogens with zero attached hydrogens (tertiary/aromatic N) is 1. The molecule has 1 amide bonds. The van der Waals surface area contributed by atoms with Crippen molar-refractivity contribution in [3.8, 4) is 0 Å². The van der Waals surface area contributed by atoms with E-state index in [0.717, 1.165) is 44.4 Å². The lowest BCUT2D eigenvalue weighted by atomic mass is 9.68. The topological polar surface area (TPSA) is 32.3 Å². The van der Waals surface area contributed by atoms with E-state index in [1.807, 2.05) is 0 Å². The van der Waals surface area contributed by atoms with Crippen LogP contribution in [0, 0.1) is 23.2 Å². The first-order chi connectivity index (χ1) is 8.58. The Hall–Kier alpha value is -0.570. The molecule has 3 aliphatic rings. The van der Waals surface area contributed by atoms with Gasteiger partial charge in [0.25, 0.3) is 0 Å². The summed E-state index contributed by atoms with van der Waals surface area (Å²) in [7, 11) is 0. The summed E-state index contributed by atoms with van der Waals surface area (Å²) in [4.78, 5) is 14.9. The number of fused-ring (bicyclic) bond motifs is 1. The van der Waals surface area contributed by atoms with Crippen molar-refractivity contribution in [2.75, 3.05) is 26.2 Å². The van der Waals surface area contributed by atoms with Crippen LogP contribution < -0.4 is 5.32 Å². The van der Waals surface area contributed by atoms with Crippen LogP contribution in [-0.4, -0.2) is 37.0 Å². The lowest BCUT2D eigenvalue weighted by Gasteiger charge is -2.39. The van der Waals surface area contributed by atoms with Crippen molar-refractivity contribution in [1.29, 1.82) is 0 Å². The third-order valence-corrected chi connectivity index (χ3v) is 5.51. The zero-order chi connectivity index (χ0) is 12.8. The van der Waals surface area contributed by atoms with Gasteiger partial charge in [-0.05, 0) is 30.1 Å². The second kappa shape index (κ2) is 4.52. The number of hydrogen-bond donors (Lipinski definition) is 1. The second-order valence-electron chi connectivity index (χ2n) is 7.21. The molecule has 0 bridgehead atoms. The van der Waals surface area contributed by atoms with Crippen molar-refractivity contribution < 1.29 is 4.79 Å². The Morgan fingerprint density at radius 3 is 2.44 bits per heavy atom. The molecule has 0 radical (unpaired) electrons. The van der Waals surface area contributed by atoms with Gasteiger partial charge < -0.3 is 10.2 Å². The Bertz CT molecular complexity index is 327. The lowest BCUT2D eigenvalue weighted by Crippen LogP contribution is -2.43. The minimum atomic E-state index is 0.214. The van der Waals surface area contributed by atoms with Crippen molar-refractivity contribution in [1.82, 2.24) is 10.2 Å². The van der Waals surface area contributed by atoms with E-state index in [1.165, 1.54) is 19.3 Å². The molecule has 0 aromatic heterocycles. The predicted molar refractivity (Wildman–Crippen MR) is 72.2 cm³/mol. The number of likely N-dealkylation sites (tertiary alicyclic amines) is 1. The van der Waals surface area contributed by atoms with Crippen molar-refractivity contribution in [2.24, 2.45) is 23.2 Å². The summed E-state index contributed by atoms with van der Waals surface area (Å²) in [6, 6.07) is 0. The fourth-order valence-corrected chi connectivity index (χ4v) is 4.21. The average Bonchev–Trinajstić information content (AvgIpc) is 2.87. The zero-order valence-electron chi connectivity index (χ0n) is 11.7. The quantitative estimate of drug-likeness (QED) is 0.770. The number of amides is 1. The first-order valence-electron chi connectivity index (χ1n) is 7.57. The second-order valence-corrected chi connectivity index (χ2v) is 7.21. The van der Waals surface area contributed by atoms with Crippen molar-refractivity contribution in [2.45, 2.75) is 39.5 Å². The Morgan fingerprint density at radius 2 is 1.83 bits per heavy atom. The van der Waals surface area contributed by atoms with E-state index in [1.54, 1.807) is 0 Å². The Balaban J connectivity index is 1.67. The van der Waals surface area contributed by atoms with Gasteiger partial charge in [0, 0.05) is 32.1 Å². The van der Waals surface area contributed by atoms with Crippen LogP contribution in [0.4, 0.5) is 0 Å². The van der Waals surface area contributed by atoms with Gasteiger partial charge in [-0.3, -0.25) is 4.79 Å². The molecule has 2 heterocycles. The van der Waals surface area contributed by atoms with Crippen molar-refractivity contribution >= 4 is 5.91 Å². The molecule has 0 spiro atoms. The minimum Gasteiger partial charge on any atom is -0.342 e. The fourth-order valence-electron chi connectivity index (χ4n) is 4.21. The molecule has 3 rings (SSSR count). The molecule has 102 valence electrons. The molecule has 2 aliphatic heterocycles. The SMILES string of the molecule is CC1(C)CCCCC1C(=O)N1CC2CNCC2C1. The molecular weight excluding hydrogens is 224 g/mol. The summed E-state index contributed by atoms with van der Waals surface area (Å²) < 4.78 is 0. The van der Waals surface area contributed by atoms with E-state index in [0.29, 0.717) is 5.91 Å². The van der Waals surface area contributed by atoms with Gasteiger partial charge in [0.2, 0.25) is 5.91 Å². The third-order valence-electron chi connectivity index (χ3n) is 5.51. The van der Waals surface area contributed by atoms with Crippen LogP contribution in [0.5, 0.6) is 0 Å². The van der Waals surface area contributed by atoms with Gasteiger partial charge in [0.1, 0.15) is 0 Å². The lowest BCUT2D eigenvalue weighted by molar-refractivity contribution is -0.140. The molecule has 3 atom stereocenters. The summed E-state index contributed by atoms with van der Waals surface area (Å²) in [6.45, 7) is 8.80. The Labute approximate surface area is 110 Å². The molecule has 0 aromatic rings. The van der Waals surface area contributed by atoms with Gasteiger partial charge in [-0.15, -0.1) is 0 Å². The largest absolute Gasteiger partial charge is 0.342 e. The van der Waals surface area contributed by atoms with Crippen molar-refractivity contribution in [3.05, 3.63) is 0 Å². The first-order valence-corrected chi connectivity index (χ1v) is 7.57. The van der Waals surface area contributed by atoms with E-state index in [9.17, 15) is 4.79 Å². The number of nitrogens with one attached hydrogen (secondary N) is 1. The Morgan fingerprint density at radius 1 is 1.17 bits per heavy atom. The number of hydrogen-bond acceptors (Lipinski definition) is 2. The van der Waals surface area contributed by atoms with Gasteiger partial charge in [0.05, 0.1) is 0 Å². The van der Waals surface area contributed by atoms with Crippen molar-refractivity contribution in [3.63, 3.8) is 0 Å². The minimum absolute atomic E-state index is 0.214. The molecule has 0 aromatic carbocycles. The zero-order valence-corrected chi connectivity index (χ0v) is 11.7. The molecule has 3 nitrogen and oxygen atoms in total. The fraction of sp³-hybridized carbons (Fsp3) is 0.933. The van der Waals surface area contributed by atoms with Crippen LogP contribution in [0.25, 0.3) is 0 Å². The van der Waals surface area contributed by atoms with Crippen LogP contribution in [-0.2, 0) is 4.79 Å². The van der Waals surface area contributed by atoms with Crippen LogP contribution in [0.2, 0.25) is 0 Å². The van der Waals surface area contributed by atoms with E-state index in [-0.39, 0.29) is 11.3 Å². The molecule has 1 aliphatic carbocycles. The highest BCUT2D eigenvalue weighted by molar-refractivity contribution is 5.80. The maximum Gasteiger partial charge on any atom is 0.226 e. The van der Waals surface area contributed by atoms with Gasteiger partial charge in [0.15, 0.2) is 0 Å². The maximum absolute atomic E-state index is 12.8. The summed E-state index contributed by atoms with van der Waals surface area (Å²) in [5.74, 6) is 2.17. The van der Waals surface area contributed by atoms with Gasteiger partial charge in [-0.25, -0.2) is 0 Å². The van der Waals surface area contributed by atoms with E-state index in [2.05, 4.69) is 24.1 Å². The highest BCUT2D eigenvalue weighted by Gasteiger charge is 2.44. The van der Waals surface area contributed by atoms with Gasteiger partial charge >= 0.3 is 0 Å². The van der Waals surface area contributed by atoms with E-state index in [4.69, 9.17) is 0 Å². The normalized spacial score (nSPS) is 38.8. The third kappa shape index (κ3) is 2.07. The predicted octanol–water partition coefficient (Wildman–Crippen LogP) is 1.88. The highest BCUT2D eigenvalue weighted by Crippen LogP contribution is 2.42. The number of carbonyl (C=O) groups is 1. The molecular formula is C15H26N2O. The summed E-state index contributed by atoms with van der Waals surface area (Å²) >= 11 is 0. The van der Waals surface area contributed by atoms with Gasteiger partial charge in [-0.1, -0.05) is 26.7 Å². The smallest absolute Gasteiger partial charge is 0.226 e. The molecule has 1 saturated carbocycles. The first kappa shape index (κ1) is 12.5.